The first-order valence-electron chi connectivity index (χ1n) is 7.40. The largest absolute Gasteiger partial charge is 1.00 e. The first-order chi connectivity index (χ1) is 13.1. The molecule has 0 fully saturated rings. The molecule has 0 radical (unpaired) electrons. The minimum absolute atomic E-state index is 0. The summed E-state index contributed by atoms with van der Waals surface area (Å²) in [6.45, 7) is 0. The van der Waals surface area contributed by atoms with Crippen molar-refractivity contribution in [2.45, 2.75) is 4.90 Å². The normalized spacial score (nSPS) is 11.5. The van der Waals surface area contributed by atoms with Gasteiger partial charge in [0.15, 0.2) is 5.75 Å². The summed E-state index contributed by atoms with van der Waals surface area (Å²) in [5.41, 5.74) is -1.43. The van der Waals surface area contributed by atoms with Gasteiger partial charge in [0.05, 0.1) is 4.92 Å². The maximum atomic E-state index is 11.7. The molecule has 13 heteroatoms. The van der Waals surface area contributed by atoms with Gasteiger partial charge in [-0.3, -0.25) is 14.7 Å². The van der Waals surface area contributed by atoms with E-state index in [0.29, 0.717) is 0 Å². The van der Waals surface area contributed by atoms with Gasteiger partial charge in [-0.15, -0.1) is 10.2 Å². The minimum atomic E-state index is -4.66. The van der Waals surface area contributed by atoms with Crippen molar-refractivity contribution in [1.29, 1.82) is 0 Å². The molecule has 0 unspecified atom stereocenters. The first kappa shape index (κ1) is 23.0. The van der Waals surface area contributed by atoms with E-state index in [9.17, 15) is 33.3 Å². The monoisotopic (exact) mass is 447 g/mol. The number of hydrogen-bond donors (Lipinski definition) is 3. The van der Waals surface area contributed by atoms with E-state index in [2.05, 4.69) is 10.2 Å². The van der Waals surface area contributed by atoms with Crippen LogP contribution < -0.4 is 29.6 Å². The number of phenolic OH excluding ortho intramolecular Hbond substituents is 2. The van der Waals surface area contributed by atoms with Crippen molar-refractivity contribution in [2.24, 2.45) is 10.2 Å². The van der Waals surface area contributed by atoms with Crippen molar-refractivity contribution in [1.82, 2.24) is 0 Å². The van der Waals surface area contributed by atoms with Crippen LogP contribution in [0.15, 0.2) is 57.6 Å². The first-order valence-corrected chi connectivity index (χ1v) is 9.22. The standard InChI is InChI=1S/C16H10ClN3O7S.Na.H/c17-8-5-11(16(22)13(6-8)20(23)24)18-19-12-7-14(28(25,26)27)9-3-1-2-4-10(9)15(12)21;;/h1-7,21-22H,(H,25,26,27);;/q;+1;-1. The molecular formula is C16H11ClN3NaO7S. The van der Waals surface area contributed by atoms with Crippen molar-refractivity contribution < 1.29 is 59.1 Å². The van der Waals surface area contributed by atoms with Crippen molar-refractivity contribution in [3.63, 3.8) is 0 Å². The van der Waals surface area contributed by atoms with Crippen LogP contribution in [0.3, 0.4) is 0 Å². The average molecular weight is 448 g/mol. The predicted octanol–water partition coefficient (Wildman–Crippen LogP) is 1.59. The Labute approximate surface area is 192 Å². The summed E-state index contributed by atoms with van der Waals surface area (Å²) in [6, 6.07) is 8.72. The van der Waals surface area contributed by atoms with Gasteiger partial charge in [-0.1, -0.05) is 35.9 Å². The van der Waals surface area contributed by atoms with Gasteiger partial charge in [0, 0.05) is 21.9 Å². The van der Waals surface area contributed by atoms with Crippen LogP contribution in [0.25, 0.3) is 10.8 Å². The molecule has 0 aliphatic rings. The van der Waals surface area contributed by atoms with Crippen LogP contribution in [0.4, 0.5) is 17.1 Å². The summed E-state index contributed by atoms with van der Waals surface area (Å²) in [4.78, 5) is 9.55. The van der Waals surface area contributed by atoms with Crippen molar-refractivity contribution >= 4 is 49.6 Å². The number of halogens is 1. The third kappa shape index (κ3) is 4.66. The van der Waals surface area contributed by atoms with Gasteiger partial charge in [-0.25, -0.2) is 0 Å². The zero-order valence-corrected chi connectivity index (χ0v) is 18.2. The molecule has 0 saturated heterocycles. The second kappa shape index (κ2) is 8.61. The molecule has 3 N–H and O–H groups in total. The van der Waals surface area contributed by atoms with Gasteiger partial charge in [0.2, 0.25) is 5.75 Å². The van der Waals surface area contributed by atoms with E-state index in [-0.39, 0.29) is 58.2 Å². The predicted molar refractivity (Wildman–Crippen MR) is 100 cm³/mol. The Morgan fingerprint density at radius 3 is 2.10 bits per heavy atom. The van der Waals surface area contributed by atoms with E-state index < -0.39 is 37.1 Å². The van der Waals surface area contributed by atoms with E-state index in [1.165, 1.54) is 24.3 Å². The fourth-order valence-corrected chi connectivity index (χ4v) is 3.42. The second-order valence-electron chi connectivity index (χ2n) is 5.51. The molecule has 0 aromatic heterocycles. The molecule has 0 heterocycles. The number of nitro groups is 1. The fourth-order valence-electron chi connectivity index (χ4n) is 2.50. The molecule has 10 nitrogen and oxygen atoms in total. The maximum absolute atomic E-state index is 11.7. The molecule has 0 amide bonds. The van der Waals surface area contributed by atoms with Crippen molar-refractivity contribution in [3.8, 4) is 11.5 Å². The Balaban J connectivity index is 0.00000225. The van der Waals surface area contributed by atoms with Crippen LogP contribution in [0.2, 0.25) is 5.02 Å². The number of hydrogen-bond acceptors (Lipinski definition) is 8. The summed E-state index contributed by atoms with van der Waals surface area (Å²) in [6.07, 6.45) is 0. The number of azo groups is 1. The van der Waals surface area contributed by atoms with E-state index in [1.807, 2.05) is 0 Å². The third-order valence-electron chi connectivity index (χ3n) is 3.73. The molecule has 0 bridgehead atoms. The molecule has 0 atom stereocenters. The van der Waals surface area contributed by atoms with Crippen molar-refractivity contribution in [3.05, 3.63) is 57.6 Å². The molecule has 3 rings (SSSR count). The van der Waals surface area contributed by atoms with Crippen LogP contribution in [0.5, 0.6) is 11.5 Å². The number of nitrogens with zero attached hydrogens (tertiary/aromatic N) is 3. The summed E-state index contributed by atoms with van der Waals surface area (Å²) in [7, 11) is -4.66. The molecule has 3 aromatic carbocycles. The Morgan fingerprint density at radius 2 is 1.55 bits per heavy atom. The van der Waals surface area contributed by atoms with Crippen LogP contribution in [-0.2, 0) is 10.1 Å². The van der Waals surface area contributed by atoms with E-state index in [0.717, 1.165) is 18.2 Å². The Hall–Kier alpha value is -2.28. The van der Waals surface area contributed by atoms with Gasteiger partial charge in [0.1, 0.15) is 16.3 Å². The van der Waals surface area contributed by atoms with Crippen molar-refractivity contribution in [2.75, 3.05) is 0 Å². The average Bonchev–Trinajstić information content (AvgIpc) is 2.62. The Bertz CT molecular complexity index is 1270. The zero-order chi connectivity index (χ0) is 20.6. The van der Waals surface area contributed by atoms with Gasteiger partial charge < -0.3 is 11.6 Å². The third-order valence-corrected chi connectivity index (χ3v) is 4.84. The van der Waals surface area contributed by atoms with Crippen LogP contribution in [0, 0.1) is 10.1 Å². The van der Waals surface area contributed by atoms with Gasteiger partial charge in [-0.05, 0) is 12.1 Å². The summed E-state index contributed by atoms with van der Waals surface area (Å²) in [5, 5.41) is 38.5. The molecule has 3 aromatic rings. The van der Waals surface area contributed by atoms with Gasteiger partial charge >= 0.3 is 35.2 Å². The second-order valence-corrected chi connectivity index (χ2v) is 7.34. The summed E-state index contributed by atoms with van der Waals surface area (Å²) in [5.74, 6) is -1.25. The molecule has 0 aliphatic heterocycles. The SMILES string of the molecule is O=[N+]([O-])c1cc(Cl)cc(N=Nc2cc(S(=O)(=O)O)c3ccccc3c2O)c1O.[H-].[Na+]. The van der Waals surface area contributed by atoms with Crippen LogP contribution in [-0.4, -0.2) is 28.1 Å². The molecule has 29 heavy (non-hydrogen) atoms. The number of fused-ring (bicyclic) bond motifs is 1. The smallest absolute Gasteiger partial charge is 1.00 e. The molecule has 146 valence electrons. The summed E-state index contributed by atoms with van der Waals surface area (Å²) >= 11 is 5.76. The van der Waals surface area contributed by atoms with Gasteiger partial charge in [0.25, 0.3) is 10.1 Å². The molecule has 0 aliphatic carbocycles. The maximum Gasteiger partial charge on any atom is 1.00 e. The van der Waals surface area contributed by atoms with E-state index in [4.69, 9.17) is 11.6 Å². The number of nitro benzene ring substituents is 1. The zero-order valence-electron chi connectivity index (χ0n) is 15.6. The number of phenols is 2. The Morgan fingerprint density at radius 1 is 1.00 bits per heavy atom. The number of benzene rings is 3. The number of rotatable bonds is 4. The fraction of sp³-hybridized carbons (Fsp3) is 0. The molecular weight excluding hydrogens is 437 g/mol. The molecule has 0 saturated carbocycles. The molecule has 0 spiro atoms. The van der Waals surface area contributed by atoms with Crippen LogP contribution in [0.1, 0.15) is 1.43 Å². The topological polar surface area (TPSA) is 163 Å². The Kier molecular flexibility index (Phi) is 6.83. The van der Waals surface area contributed by atoms with E-state index >= 15 is 0 Å². The van der Waals surface area contributed by atoms with Gasteiger partial charge in [-0.2, -0.15) is 8.42 Å². The van der Waals surface area contributed by atoms with Crippen LogP contribution >= 0.6 is 11.6 Å². The number of aromatic hydroxyl groups is 2. The summed E-state index contributed by atoms with van der Waals surface area (Å²) < 4.78 is 32.8. The quantitative estimate of drug-likeness (QED) is 0.180. The van der Waals surface area contributed by atoms with E-state index in [1.54, 1.807) is 0 Å². The minimum Gasteiger partial charge on any atom is -1.00 e.